The first kappa shape index (κ1) is 20.7. The summed E-state index contributed by atoms with van der Waals surface area (Å²) in [6.45, 7) is 1.37. The van der Waals surface area contributed by atoms with Gasteiger partial charge in [0.15, 0.2) is 12.4 Å². The second-order valence-corrected chi connectivity index (χ2v) is 7.06. The number of aryl methyl sites for hydroxylation is 1. The number of thioether (sulfide) groups is 1. The van der Waals surface area contributed by atoms with Crippen LogP contribution in [-0.2, 0) is 10.5 Å². The Bertz CT molecular complexity index is 1040. The summed E-state index contributed by atoms with van der Waals surface area (Å²) in [5.41, 5.74) is 0.830. The van der Waals surface area contributed by atoms with Crippen LogP contribution in [0, 0.1) is 24.4 Å². The quantitative estimate of drug-likeness (QED) is 0.562. The number of aliphatic carboxylic acids is 1. The SMILES string of the molecule is Cc1cc(SCc2ccnc(-c3c(F)cc(F)cc3F)n2)ccc1OCC(=O)O. The first-order valence-electron chi connectivity index (χ1n) is 8.38. The topological polar surface area (TPSA) is 72.3 Å². The van der Waals surface area contributed by atoms with E-state index in [1.54, 1.807) is 25.1 Å². The van der Waals surface area contributed by atoms with Gasteiger partial charge in [-0.2, -0.15) is 0 Å². The van der Waals surface area contributed by atoms with Crippen molar-refractivity contribution in [2.75, 3.05) is 6.61 Å². The molecule has 0 spiro atoms. The van der Waals surface area contributed by atoms with Crippen LogP contribution in [0.3, 0.4) is 0 Å². The van der Waals surface area contributed by atoms with E-state index in [2.05, 4.69) is 9.97 Å². The van der Waals surface area contributed by atoms with Crippen molar-refractivity contribution >= 4 is 17.7 Å². The molecule has 5 nitrogen and oxygen atoms in total. The highest BCUT2D eigenvalue weighted by molar-refractivity contribution is 7.98. The number of rotatable bonds is 7. The lowest BCUT2D eigenvalue weighted by molar-refractivity contribution is -0.139. The van der Waals surface area contributed by atoms with E-state index in [0.717, 1.165) is 10.5 Å². The predicted octanol–water partition coefficient (Wildman–Crippen LogP) is 4.63. The lowest BCUT2D eigenvalue weighted by Gasteiger charge is -2.09. The summed E-state index contributed by atoms with van der Waals surface area (Å²) < 4.78 is 46.2. The summed E-state index contributed by atoms with van der Waals surface area (Å²) in [7, 11) is 0. The van der Waals surface area contributed by atoms with Crippen molar-refractivity contribution in [2.45, 2.75) is 17.6 Å². The van der Waals surface area contributed by atoms with Crippen LogP contribution >= 0.6 is 11.8 Å². The second kappa shape index (κ2) is 8.95. The molecule has 0 unspecified atom stereocenters. The van der Waals surface area contributed by atoms with Crippen LogP contribution in [0.5, 0.6) is 5.75 Å². The van der Waals surface area contributed by atoms with E-state index in [1.165, 1.54) is 18.0 Å². The molecule has 0 aliphatic rings. The van der Waals surface area contributed by atoms with Crippen LogP contribution in [0.1, 0.15) is 11.3 Å². The second-order valence-electron chi connectivity index (χ2n) is 6.01. The van der Waals surface area contributed by atoms with Crippen LogP contribution in [0.15, 0.2) is 47.5 Å². The first-order valence-corrected chi connectivity index (χ1v) is 9.37. The fourth-order valence-electron chi connectivity index (χ4n) is 2.52. The molecule has 0 atom stereocenters. The minimum absolute atomic E-state index is 0.160. The molecule has 29 heavy (non-hydrogen) atoms. The van der Waals surface area contributed by atoms with Crippen molar-refractivity contribution in [2.24, 2.45) is 0 Å². The average Bonchev–Trinajstić information content (AvgIpc) is 2.65. The molecule has 3 rings (SSSR count). The lowest BCUT2D eigenvalue weighted by atomic mass is 10.1. The number of nitrogens with zero attached hydrogens (tertiary/aromatic N) is 2. The van der Waals surface area contributed by atoms with E-state index in [4.69, 9.17) is 9.84 Å². The Morgan fingerprint density at radius 3 is 2.52 bits per heavy atom. The summed E-state index contributed by atoms with van der Waals surface area (Å²) in [5.74, 6) is -3.50. The van der Waals surface area contributed by atoms with Gasteiger partial charge in [-0.25, -0.2) is 27.9 Å². The number of ether oxygens (including phenoxy) is 1. The zero-order chi connectivity index (χ0) is 21.0. The van der Waals surface area contributed by atoms with Crippen molar-refractivity contribution in [1.82, 2.24) is 9.97 Å². The molecule has 0 aliphatic carbocycles. The Hall–Kier alpha value is -3.07. The molecule has 3 aromatic rings. The van der Waals surface area contributed by atoms with Gasteiger partial charge in [-0.15, -0.1) is 11.8 Å². The molecule has 0 amide bonds. The average molecular weight is 420 g/mol. The van der Waals surface area contributed by atoms with E-state index >= 15 is 0 Å². The molecule has 2 aromatic carbocycles. The number of carbonyl (C=O) groups is 1. The van der Waals surface area contributed by atoms with Gasteiger partial charge in [0.2, 0.25) is 0 Å². The first-order chi connectivity index (χ1) is 13.8. The normalized spacial score (nSPS) is 10.8. The van der Waals surface area contributed by atoms with Gasteiger partial charge in [-0.3, -0.25) is 0 Å². The van der Waals surface area contributed by atoms with Gasteiger partial charge < -0.3 is 9.84 Å². The van der Waals surface area contributed by atoms with Crippen molar-refractivity contribution in [1.29, 1.82) is 0 Å². The number of benzene rings is 2. The molecule has 0 saturated heterocycles. The summed E-state index contributed by atoms with van der Waals surface area (Å²) in [6, 6.07) is 8.07. The predicted molar refractivity (Wildman–Crippen MR) is 101 cm³/mol. The van der Waals surface area contributed by atoms with Gasteiger partial charge in [0.1, 0.15) is 23.2 Å². The summed E-state index contributed by atoms with van der Waals surface area (Å²) >= 11 is 1.43. The third-order valence-corrected chi connectivity index (χ3v) is 4.86. The summed E-state index contributed by atoms with van der Waals surface area (Å²) in [4.78, 5) is 19.5. The van der Waals surface area contributed by atoms with Gasteiger partial charge in [-0.05, 0) is 36.8 Å². The van der Waals surface area contributed by atoms with Crippen molar-refractivity contribution in [3.63, 3.8) is 0 Å². The standard InChI is InChI=1S/C20H15F3N2O3S/c1-11-6-14(2-3-17(11)28-9-18(26)27)29-10-13-4-5-24-20(25-13)19-15(22)7-12(21)8-16(19)23/h2-8H,9-10H2,1H3,(H,26,27). The summed E-state index contributed by atoms with van der Waals surface area (Å²) in [5, 5.41) is 8.68. The summed E-state index contributed by atoms with van der Waals surface area (Å²) in [6.07, 6.45) is 1.38. The Balaban J connectivity index is 1.73. The number of aromatic nitrogens is 2. The molecule has 150 valence electrons. The third-order valence-electron chi connectivity index (χ3n) is 3.83. The van der Waals surface area contributed by atoms with Crippen LogP contribution < -0.4 is 4.74 Å². The van der Waals surface area contributed by atoms with Gasteiger partial charge in [0, 0.05) is 29.0 Å². The van der Waals surface area contributed by atoms with Crippen LogP contribution in [0.2, 0.25) is 0 Å². The van der Waals surface area contributed by atoms with E-state index in [9.17, 15) is 18.0 Å². The molecular weight excluding hydrogens is 405 g/mol. The molecule has 0 radical (unpaired) electrons. The number of carboxylic acid groups (broad SMARTS) is 1. The van der Waals surface area contributed by atoms with E-state index in [0.29, 0.717) is 29.3 Å². The Morgan fingerprint density at radius 2 is 1.86 bits per heavy atom. The number of halogens is 3. The number of carboxylic acids is 1. The molecule has 0 aliphatic heterocycles. The largest absolute Gasteiger partial charge is 0.482 e. The molecule has 9 heteroatoms. The van der Waals surface area contributed by atoms with Gasteiger partial charge in [0.25, 0.3) is 0 Å². The number of hydrogen-bond acceptors (Lipinski definition) is 5. The lowest BCUT2D eigenvalue weighted by Crippen LogP contribution is -2.09. The molecular formula is C20H15F3N2O3S. The molecule has 0 fully saturated rings. The highest BCUT2D eigenvalue weighted by Crippen LogP contribution is 2.29. The maximum absolute atomic E-state index is 14.0. The van der Waals surface area contributed by atoms with E-state index in [1.807, 2.05) is 6.07 Å². The van der Waals surface area contributed by atoms with Crippen LogP contribution in [0.4, 0.5) is 13.2 Å². The van der Waals surface area contributed by atoms with E-state index in [-0.39, 0.29) is 5.82 Å². The van der Waals surface area contributed by atoms with Gasteiger partial charge in [0.05, 0.1) is 11.3 Å². The van der Waals surface area contributed by atoms with Gasteiger partial charge in [-0.1, -0.05) is 0 Å². The highest BCUT2D eigenvalue weighted by atomic mass is 32.2. The van der Waals surface area contributed by atoms with Crippen LogP contribution in [0.25, 0.3) is 11.4 Å². The fraction of sp³-hybridized carbons (Fsp3) is 0.150. The Morgan fingerprint density at radius 1 is 1.14 bits per heavy atom. The monoisotopic (exact) mass is 420 g/mol. The minimum Gasteiger partial charge on any atom is -0.482 e. The van der Waals surface area contributed by atoms with Crippen molar-refractivity contribution in [3.8, 4) is 17.1 Å². The minimum atomic E-state index is -1.07. The molecule has 1 aromatic heterocycles. The Kier molecular flexibility index (Phi) is 6.38. The van der Waals surface area contributed by atoms with E-state index < -0.39 is 35.6 Å². The molecule has 0 bridgehead atoms. The maximum Gasteiger partial charge on any atom is 0.341 e. The van der Waals surface area contributed by atoms with Crippen molar-refractivity contribution in [3.05, 3.63) is 71.3 Å². The smallest absolute Gasteiger partial charge is 0.341 e. The zero-order valence-corrected chi connectivity index (χ0v) is 16.0. The molecule has 1 N–H and O–H groups in total. The zero-order valence-electron chi connectivity index (χ0n) is 15.2. The maximum atomic E-state index is 14.0. The van der Waals surface area contributed by atoms with Crippen LogP contribution in [-0.4, -0.2) is 27.7 Å². The molecule has 0 saturated carbocycles. The highest BCUT2D eigenvalue weighted by Gasteiger charge is 2.16. The van der Waals surface area contributed by atoms with Crippen molar-refractivity contribution < 1.29 is 27.8 Å². The Labute approximate surface area is 168 Å². The third kappa shape index (κ3) is 5.26. The molecule has 1 heterocycles. The fourth-order valence-corrected chi connectivity index (χ4v) is 3.42. The van der Waals surface area contributed by atoms with Gasteiger partial charge >= 0.3 is 5.97 Å². The number of hydrogen-bond donors (Lipinski definition) is 1.